The van der Waals surface area contributed by atoms with Gasteiger partial charge in [-0.3, -0.25) is 4.79 Å². The number of anilines is 1. The molecule has 6 nitrogen and oxygen atoms in total. The highest BCUT2D eigenvalue weighted by molar-refractivity contribution is 7.20. The second-order valence-electron chi connectivity index (χ2n) is 7.30. The first kappa shape index (κ1) is 16.5. The summed E-state index contributed by atoms with van der Waals surface area (Å²) >= 11 is 3.26. The summed E-state index contributed by atoms with van der Waals surface area (Å²) in [7, 11) is 0. The number of aromatic nitrogens is 3. The molecule has 0 saturated heterocycles. The summed E-state index contributed by atoms with van der Waals surface area (Å²) in [5, 5.41) is 10.5. The molecule has 1 N–H and O–H groups in total. The van der Waals surface area contributed by atoms with Gasteiger partial charge in [0.25, 0.3) is 0 Å². The lowest BCUT2D eigenvalue weighted by Gasteiger charge is -2.27. The van der Waals surface area contributed by atoms with Crippen LogP contribution in [0.5, 0.6) is 0 Å². The molecule has 132 valence electrons. The summed E-state index contributed by atoms with van der Waals surface area (Å²) in [6, 6.07) is 2.12. The van der Waals surface area contributed by atoms with Gasteiger partial charge in [0.15, 0.2) is 0 Å². The van der Waals surface area contributed by atoms with Crippen LogP contribution >= 0.6 is 22.7 Å². The molecule has 4 rings (SSSR count). The molecule has 3 aromatic rings. The molecule has 0 radical (unpaired) electrons. The number of amides is 1. The van der Waals surface area contributed by atoms with Crippen molar-refractivity contribution in [2.75, 3.05) is 18.4 Å². The maximum atomic E-state index is 12.5. The molecule has 4 heterocycles. The van der Waals surface area contributed by atoms with Gasteiger partial charge in [-0.25, -0.2) is 9.50 Å². The molecular formula is C17H21N5OS2. The van der Waals surface area contributed by atoms with Gasteiger partial charge >= 0.3 is 0 Å². The van der Waals surface area contributed by atoms with E-state index in [-0.39, 0.29) is 17.9 Å². The van der Waals surface area contributed by atoms with Crippen molar-refractivity contribution in [1.29, 1.82) is 0 Å². The molecule has 0 aromatic carbocycles. The molecule has 1 aliphatic rings. The first-order chi connectivity index (χ1) is 11.9. The van der Waals surface area contributed by atoms with E-state index >= 15 is 0 Å². The van der Waals surface area contributed by atoms with Crippen LogP contribution < -0.4 is 5.32 Å². The molecule has 0 saturated carbocycles. The van der Waals surface area contributed by atoms with Gasteiger partial charge in [-0.15, -0.1) is 16.4 Å². The van der Waals surface area contributed by atoms with Crippen molar-refractivity contribution in [3.63, 3.8) is 0 Å². The topological polar surface area (TPSA) is 62.5 Å². The Labute approximate surface area is 154 Å². The minimum atomic E-state index is 0.00570. The lowest BCUT2D eigenvalue weighted by atomic mass is 9.93. The summed E-state index contributed by atoms with van der Waals surface area (Å²) in [5.74, 6) is 0.111. The number of thiophene rings is 1. The third kappa shape index (κ3) is 3.28. The maximum absolute atomic E-state index is 12.5. The number of carbonyl (C=O) groups excluding carboxylic acids is 1. The summed E-state index contributed by atoms with van der Waals surface area (Å²) in [4.78, 5) is 21.3. The molecular weight excluding hydrogens is 354 g/mol. The number of hydrogen-bond donors (Lipinski definition) is 1. The van der Waals surface area contributed by atoms with Crippen LogP contribution in [0.2, 0.25) is 0 Å². The van der Waals surface area contributed by atoms with Crippen molar-refractivity contribution in [3.05, 3.63) is 33.8 Å². The monoisotopic (exact) mass is 375 g/mol. The minimum Gasteiger partial charge on any atom is -0.351 e. The van der Waals surface area contributed by atoms with Crippen LogP contribution in [0.3, 0.4) is 0 Å². The summed E-state index contributed by atoms with van der Waals surface area (Å²) in [6.45, 7) is 8.18. The van der Waals surface area contributed by atoms with Gasteiger partial charge in [-0.1, -0.05) is 32.1 Å². The van der Waals surface area contributed by atoms with Crippen LogP contribution in [0.25, 0.3) is 4.96 Å². The van der Waals surface area contributed by atoms with E-state index in [1.54, 1.807) is 15.9 Å². The van der Waals surface area contributed by atoms with Crippen molar-refractivity contribution in [1.82, 2.24) is 19.5 Å². The van der Waals surface area contributed by atoms with E-state index in [2.05, 4.69) is 47.6 Å². The molecule has 0 fully saturated rings. The van der Waals surface area contributed by atoms with Gasteiger partial charge in [0.05, 0.1) is 18.4 Å². The molecule has 1 aliphatic heterocycles. The van der Waals surface area contributed by atoms with Crippen molar-refractivity contribution in [2.24, 2.45) is 0 Å². The van der Waals surface area contributed by atoms with Crippen LogP contribution in [0.15, 0.2) is 17.6 Å². The summed E-state index contributed by atoms with van der Waals surface area (Å²) < 4.78 is 1.79. The Hall–Kier alpha value is -1.93. The van der Waals surface area contributed by atoms with Crippen LogP contribution in [0.1, 0.15) is 36.9 Å². The predicted molar refractivity (Wildman–Crippen MR) is 101 cm³/mol. The number of fused-ring (bicyclic) bond motifs is 2. The Morgan fingerprint density at radius 2 is 2.24 bits per heavy atom. The van der Waals surface area contributed by atoms with Crippen LogP contribution in [-0.2, 0) is 23.2 Å². The molecule has 1 amide bonds. The van der Waals surface area contributed by atoms with Gasteiger partial charge in [0, 0.05) is 23.4 Å². The summed E-state index contributed by atoms with van der Waals surface area (Å²) in [6.07, 6.45) is 2.92. The predicted octanol–water partition coefficient (Wildman–Crippen LogP) is 3.15. The Morgan fingerprint density at radius 3 is 3.00 bits per heavy atom. The van der Waals surface area contributed by atoms with E-state index < -0.39 is 0 Å². The third-order valence-electron chi connectivity index (χ3n) is 4.36. The van der Waals surface area contributed by atoms with Gasteiger partial charge in [0.2, 0.25) is 16.0 Å². The molecule has 0 bridgehead atoms. The first-order valence-electron chi connectivity index (χ1n) is 8.34. The first-order valence-corrected chi connectivity index (χ1v) is 10.0. The number of rotatable bonds is 3. The Kier molecular flexibility index (Phi) is 4.04. The fourth-order valence-electron chi connectivity index (χ4n) is 2.86. The van der Waals surface area contributed by atoms with Crippen molar-refractivity contribution >= 4 is 38.7 Å². The minimum absolute atomic E-state index is 0.00570. The van der Waals surface area contributed by atoms with Crippen LogP contribution in [0, 0.1) is 0 Å². The molecule has 0 unspecified atom stereocenters. The van der Waals surface area contributed by atoms with E-state index in [9.17, 15) is 4.79 Å². The molecule has 0 aliphatic carbocycles. The second kappa shape index (κ2) is 6.10. The zero-order chi connectivity index (χ0) is 17.6. The van der Waals surface area contributed by atoms with Crippen molar-refractivity contribution < 1.29 is 4.79 Å². The van der Waals surface area contributed by atoms with Crippen molar-refractivity contribution in [2.45, 2.75) is 39.2 Å². The number of nitrogens with zero attached hydrogens (tertiary/aromatic N) is 4. The highest BCUT2D eigenvalue weighted by Crippen LogP contribution is 2.26. The highest BCUT2D eigenvalue weighted by atomic mass is 32.1. The van der Waals surface area contributed by atoms with Crippen molar-refractivity contribution in [3.8, 4) is 0 Å². The van der Waals surface area contributed by atoms with E-state index in [4.69, 9.17) is 0 Å². The number of carbonyl (C=O) groups is 1. The fraction of sp³-hybridized carbons (Fsp3) is 0.471. The normalized spacial score (nSPS) is 14.8. The SMILES string of the molecule is CC(C)(C)c1cn2nc(NCC(=O)N3CCc4sccc4C3)sc2n1. The number of nitrogens with one attached hydrogen (secondary N) is 1. The summed E-state index contributed by atoms with van der Waals surface area (Å²) in [5.41, 5.74) is 2.31. The van der Waals surface area contributed by atoms with E-state index in [0.717, 1.165) is 35.3 Å². The third-order valence-corrected chi connectivity index (χ3v) is 6.27. The van der Waals surface area contributed by atoms with Gasteiger partial charge < -0.3 is 10.2 Å². The van der Waals surface area contributed by atoms with Crippen LogP contribution in [0.4, 0.5) is 5.13 Å². The quantitative estimate of drug-likeness (QED) is 0.764. The lowest BCUT2D eigenvalue weighted by Crippen LogP contribution is -2.38. The molecule has 0 spiro atoms. The molecule has 0 atom stereocenters. The van der Waals surface area contributed by atoms with Gasteiger partial charge in [-0.05, 0) is 23.4 Å². The molecule has 3 aromatic heterocycles. The average Bonchev–Trinajstić information content (AvgIpc) is 3.24. The number of hydrogen-bond acceptors (Lipinski definition) is 6. The highest BCUT2D eigenvalue weighted by Gasteiger charge is 2.22. The molecule has 25 heavy (non-hydrogen) atoms. The van der Waals surface area contributed by atoms with Gasteiger partial charge in [0.1, 0.15) is 0 Å². The molecule has 8 heteroatoms. The Balaban J connectivity index is 1.39. The standard InChI is InChI=1S/C17H21N5OS2/c1-17(2,3)13-10-22-16(19-13)25-15(20-22)18-8-14(23)21-6-4-12-11(9-21)5-7-24-12/h5,7,10H,4,6,8-9H2,1-3H3,(H,18,20). The van der Waals surface area contributed by atoms with E-state index in [1.807, 2.05) is 11.1 Å². The van der Waals surface area contributed by atoms with Gasteiger partial charge in [-0.2, -0.15) is 0 Å². The fourth-order valence-corrected chi connectivity index (χ4v) is 4.52. The Morgan fingerprint density at radius 1 is 1.40 bits per heavy atom. The largest absolute Gasteiger partial charge is 0.351 e. The van der Waals surface area contributed by atoms with Crippen LogP contribution in [-0.4, -0.2) is 38.5 Å². The Bertz CT molecular complexity index is 886. The smallest absolute Gasteiger partial charge is 0.242 e. The number of imidazole rings is 1. The maximum Gasteiger partial charge on any atom is 0.242 e. The zero-order valence-corrected chi connectivity index (χ0v) is 16.2. The average molecular weight is 376 g/mol. The second-order valence-corrected chi connectivity index (χ2v) is 9.26. The zero-order valence-electron chi connectivity index (χ0n) is 14.6. The van der Waals surface area contributed by atoms with E-state index in [1.165, 1.54) is 21.8 Å². The van der Waals surface area contributed by atoms with E-state index in [0.29, 0.717) is 0 Å². The lowest BCUT2D eigenvalue weighted by molar-refractivity contribution is -0.130.